The molecule has 70 valence electrons. The van der Waals surface area contributed by atoms with Crippen LogP contribution in [0.1, 0.15) is 0 Å². The molecular weight excluding hydrogens is 196 g/mol. The number of nitrogens with zero attached hydrogens (tertiary/aromatic N) is 1. The van der Waals surface area contributed by atoms with Crippen molar-refractivity contribution in [2.75, 3.05) is 5.32 Å². The minimum absolute atomic E-state index is 0.665. The largest absolute Gasteiger partial charge is 0.329 e. The van der Waals surface area contributed by atoms with E-state index in [1.807, 2.05) is 29.6 Å². The standard InChI is InChI=1S/C10H8N2OS/c13-6-11-9-3-1-8(2-4-9)10-5-14-7-12-10/h1-7H,(H,11,13). The highest BCUT2D eigenvalue weighted by atomic mass is 32.1. The SMILES string of the molecule is O=CNc1ccc(-c2cscn2)cc1. The molecule has 0 atom stereocenters. The van der Waals surface area contributed by atoms with Crippen molar-refractivity contribution in [2.45, 2.75) is 0 Å². The van der Waals surface area contributed by atoms with Crippen molar-refractivity contribution in [1.29, 1.82) is 0 Å². The Morgan fingerprint density at radius 2 is 2.07 bits per heavy atom. The fourth-order valence-electron chi connectivity index (χ4n) is 1.16. The molecule has 2 rings (SSSR count). The van der Waals surface area contributed by atoms with Gasteiger partial charge in [0.2, 0.25) is 6.41 Å². The molecule has 0 saturated carbocycles. The lowest BCUT2D eigenvalue weighted by atomic mass is 10.1. The first-order valence-electron chi connectivity index (χ1n) is 4.09. The molecule has 1 aromatic carbocycles. The van der Waals surface area contributed by atoms with E-state index in [1.54, 1.807) is 16.8 Å². The van der Waals surface area contributed by atoms with Gasteiger partial charge in [0.1, 0.15) is 0 Å². The van der Waals surface area contributed by atoms with Crippen LogP contribution < -0.4 is 5.32 Å². The van der Waals surface area contributed by atoms with Crippen LogP contribution in [0, 0.1) is 0 Å². The first-order chi connectivity index (χ1) is 6.90. The molecule has 0 bridgehead atoms. The van der Waals surface area contributed by atoms with Crippen LogP contribution in [0.5, 0.6) is 0 Å². The Morgan fingerprint density at radius 3 is 2.64 bits per heavy atom. The van der Waals surface area contributed by atoms with Crippen LogP contribution in [0.15, 0.2) is 35.2 Å². The van der Waals surface area contributed by atoms with Gasteiger partial charge in [0, 0.05) is 16.6 Å². The van der Waals surface area contributed by atoms with Crippen LogP contribution in [0.25, 0.3) is 11.3 Å². The summed E-state index contributed by atoms with van der Waals surface area (Å²) in [4.78, 5) is 14.4. The van der Waals surface area contributed by atoms with Crippen molar-refractivity contribution in [2.24, 2.45) is 0 Å². The molecule has 0 fully saturated rings. The van der Waals surface area contributed by atoms with Crippen LogP contribution in [0.2, 0.25) is 0 Å². The van der Waals surface area contributed by atoms with E-state index in [-0.39, 0.29) is 0 Å². The van der Waals surface area contributed by atoms with E-state index in [1.165, 1.54) is 0 Å². The van der Waals surface area contributed by atoms with Gasteiger partial charge in [-0.3, -0.25) is 4.79 Å². The van der Waals surface area contributed by atoms with Crippen molar-refractivity contribution in [3.05, 3.63) is 35.2 Å². The normalized spacial score (nSPS) is 9.71. The van der Waals surface area contributed by atoms with Crippen LogP contribution in [-0.2, 0) is 4.79 Å². The van der Waals surface area contributed by atoms with E-state index in [0.717, 1.165) is 16.9 Å². The van der Waals surface area contributed by atoms with Crippen molar-refractivity contribution in [3.8, 4) is 11.3 Å². The average molecular weight is 204 g/mol. The van der Waals surface area contributed by atoms with E-state index in [9.17, 15) is 4.79 Å². The number of hydrogen-bond donors (Lipinski definition) is 1. The fraction of sp³-hybridized carbons (Fsp3) is 0. The van der Waals surface area contributed by atoms with E-state index < -0.39 is 0 Å². The van der Waals surface area contributed by atoms with E-state index in [0.29, 0.717) is 6.41 Å². The Kier molecular flexibility index (Phi) is 2.55. The molecular formula is C10H8N2OS. The second-order valence-electron chi connectivity index (χ2n) is 2.71. The van der Waals surface area contributed by atoms with Crippen LogP contribution in [-0.4, -0.2) is 11.4 Å². The molecule has 2 aromatic rings. The summed E-state index contributed by atoms with van der Waals surface area (Å²) in [6.07, 6.45) is 0.665. The van der Waals surface area contributed by atoms with Gasteiger partial charge in [0.25, 0.3) is 0 Å². The van der Waals surface area contributed by atoms with Gasteiger partial charge in [-0.1, -0.05) is 12.1 Å². The van der Waals surface area contributed by atoms with Gasteiger partial charge in [0.15, 0.2) is 0 Å². The molecule has 1 heterocycles. The fourth-order valence-corrected chi connectivity index (χ4v) is 1.72. The third-order valence-corrected chi connectivity index (χ3v) is 2.43. The number of thiazole rings is 1. The van der Waals surface area contributed by atoms with Gasteiger partial charge in [-0.05, 0) is 12.1 Å². The highest BCUT2D eigenvalue weighted by Gasteiger charge is 1.98. The highest BCUT2D eigenvalue weighted by Crippen LogP contribution is 2.20. The Balaban J connectivity index is 2.26. The quantitative estimate of drug-likeness (QED) is 0.780. The number of aromatic nitrogens is 1. The summed E-state index contributed by atoms with van der Waals surface area (Å²) >= 11 is 1.57. The first-order valence-corrected chi connectivity index (χ1v) is 5.03. The maximum atomic E-state index is 10.2. The first kappa shape index (κ1) is 8.90. The van der Waals surface area contributed by atoms with Crippen molar-refractivity contribution >= 4 is 23.4 Å². The molecule has 0 aliphatic carbocycles. The van der Waals surface area contributed by atoms with Gasteiger partial charge in [-0.15, -0.1) is 11.3 Å². The average Bonchev–Trinajstić information content (AvgIpc) is 2.72. The summed E-state index contributed by atoms with van der Waals surface area (Å²) in [5, 5.41) is 4.57. The van der Waals surface area contributed by atoms with Gasteiger partial charge >= 0.3 is 0 Å². The van der Waals surface area contributed by atoms with Gasteiger partial charge in [-0.2, -0.15) is 0 Å². The lowest BCUT2D eigenvalue weighted by Gasteiger charge is -1.99. The number of hydrogen-bond acceptors (Lipinski definition) is 3. The van der Waals surface area contributed by atoms with Crippen LogP contribution >= 0.6 is 11.3 Å². The smallest absolute Gasteiger partial charge is 0.211 e. The summed E-state index contributed by atoms with van der Waals surface area (Å²) in [5.74, 6) is 0. The predicted molar refractivity (Wildman–Crippen MR) is 57.2 cm³/mol. The second kappa shape index (κ2) is 4.02. The molecule has 0 spiro atoms. The van der Waals surface area contributed by atoms with Gasteiger partial charge in [-0.25, -0.2) is 4.98 Å². The number of carbonyl (C=O) groups excluding carboxylic acids is 1. The van der Waals surface area contributed by atoms with E-state index in [2.05, 4.69) is 10.3 Å². The third kappa shape index (κ3) is 1.80. The zero-order valence-corrected chi connectivity index (χ0v) is 8.12. The van der Waals surface area contributed by atoms with Crippen molar-refractivity contribution < 1.29 is 4.79 Å². The summed E-state index contributed by atoms with van der Waals surface area (Å²) < 4.78 is 0. The molecule has 0 aliphatic heterocycles. The maximum Gasteiger partial charge on any atom is 0.211 e. The van der Waals surface area contributed by atoms with Gasteiger partial charge < -0.3 is 5.32 Å². The van der Waals surface area contributed by atoms with Crippen LogP contribution in [0.4, 0.5) is 5.69 Å². The summed E-state index contributed by atoms with van der Waals surface area (Å²) in [6, 6.07) is 7.56. The van der Waals surface area contributed by atoms with Crippen molar-refractivity contribution in [1.82, 2.24) is 4.98 Å². The van der Waals surface area contributed by atoms with E-state index in [4.69, 9.17) is 0 Å². The highest BCUT2D eigenvalue weighted by molar-refractivity contribution is 7.07. The van der Waals surface area contributed by atoms with Crippen LogP contribution in [0.3, 0.4) is 0 Å². The zero-order valence-electron chi connectivity index (χ0n) is 7.31. The summed E-state index contributed by atoms with van der Waals surface area (Å²) in [5.41, 5.74) is 4.61. The molecule has 4 heteroatoms. The molecule has 3 nitrogen and oxygen atoms in total. The molecule has 0 aliphatic rings. The molecule has 1 N–H and O–H groups in total. The monoisotopic (exact) mass is 204 g/mol. The molecule has 14 heavy (non-hydrogen) atoms. The van der Waals surface area contributed by atoms with Crippen molar-refractivity contribution in [3.63, 3.8) is 0 Å². The molecule has 0 saturated heterocycles. The lowest BCUT2D eigenvalue weighted by Crippen LogP contribution is -1.92. The number of anilines is 1. The number of carbonyl (C=O) groups is 1. The molecule has 0 radical (unpaired) electrons. The third-order valence-electron chi connectivity index (χ3n) is 1.84. The Labute approximate surface area is 85.4 Å². The summed E-state index contributed by atoms with van der Waals surface area (Å²) in [7, 11) is 0. The number of nitrogens with one attached hydrogen (secondary N) is 1. The predicted octanol–water partition coefficient (Wildman–Crippen LogP) is 2.38. The minimum atomic E-state index is 0.665. The molecule has 1 aromatic heterocycles. The topological polar surface area (TPSA) is 42.0 Å². The Bertz CT molecular complexity index is 408. The number of amides is 1. The minimum Gasteiger partial charge on any atom is -0.329 e. The molecule has 1 amide bonds. The Hall–Kier alpha value is -1.68. The Morgan fingerprint density at radius 1 is 1.29 bits per heavy atom. The van der Waals surface area contributed by atoms with E-state index >= 15 is 0 Å². The molecule has 0 unspecified atom stereocenters. The lowest BCUT2D eigenvalue weighted by molar-refractivity contribution is -0.105. The summed E-state index contributed by atoms with van der Waals surface area (Å²) in [6.45, 7) is 0. The number of benzene rings is 1. The second-order valence-corrected chi connectivity index (χ2v) is 3.43. The number of rotatable bonds is 3. The maximum absolute atomic E-state index is 10.2. The van der Waals surface area contributed by atoms with Gasteiger partial charge in [0.05, 0.1) is 11.2 Å². The zero-order chi connectivity index (χ0) is 9.80.